The molecular formula is C17H15ClN4O7. The Morgan fingerprint density at radius 2 is 1.90 bits per heavy atom. The van der Waals surface area contributed by atoms with Crippen molar-refractivity contribution in [3.63, 3.8) is 0 Å². The molecule has 1 aromatic carbocycles. The molecule has 29 heavy (non-hydrogen) atoms. The number of nitrogens with zero attached hydrogens (tertiary/aromatic N) is 2. The van der Waals surface area contributed by atoms with E-state index in [0.29, 0.717) is 6.54 Å². The number of phenols is 2. The van der Waals surface area contributed by atoms with E-state index in [1.165, 1.54) is 12.1 Å². The molecule has 0 bridgehead atoms. The van der Waals surface area contributed by atoms with E-state index in [1.807, 2.05) is 0 Å². The zero-order valence-electron chi connectivity index (χ0n) is 14.9. The van der Waals surface area contributed by atoms with E-state index in [-0.39, 0.29) is 57.2 Å². The highest BCUT2D eigenvalue weighted by molar-refractivity contribution is 6.32. The summed E-state index contributed by atoms with van der Waals surface area (Å²) in [6.45, 7) is 1.99. The maximum atomic E-state index is 12.3. The van der Waals surface area contributed by atoms with E-state index in [1.54, 1.807) is 6.92 Å². The number of aromatic hydroxyl groups is 2. The van der Waals surface area contributed by atoms with Crippen LogP contribution < -0.4 is 10.6 Å². The van der Waals surface area contributed by atoms with Crippen LogP contribution in [0.1, 0.15) is 33.7 Å². The van der Waals surface area contributed by atoms with Crippen molar-refractivity contribution in [1.82, 2.24) is 15.6 Å². The van der Waals surface area contributed by atoms with Crippen LogP contribution in [-0.4, -0.2) is 44.1 Å². The van der Waals surface area contributed by atoms with Crippen molar-refractivity contribution in [2.24, 2.45) is 0 Å². The van der Waals surface area contributed by atoms with Crippen LogP contribution in [-0.2, 0) is 6.54 Å². The minimum absolute atomic E-state index is 0.0244. The standard InChI is InChI=1S/C17H15ClN4O7/c1-2-19-16(25)14-13(20-6-7-3-10(17(26)27)21-28-7)15(29-22-14)8-4-9(18)12(24)5-11(8)23/h3-5,20,23-24H,2,6H2,1H3,(H,19,25)(H,26,27). The molecule has 0 saturated heterocycles. The average molecular weight is 423 g/mol. The van der Waals surface area contributed by atoms with Gasteiger partial charge in [0.1, 0.15) is 17.2 Å². The number of aromatic nitrogens is 2. The topological polar surface area (TPSA) is 171 Å². The van der Waals surface area contributed by atoms with E-state index >= 15 is 0 Å². The summed E-state index contributed by atoms with van der Waals surface area (Å²) in [5, 5.41) is 41.2. The predicted molar refractivity (Wildman–Crippen MR) is 99.1 cm³/mol. The van der Waals surface area contributed by atoms with Gasteiger partial charge in [0.25, 0.3) is 5.91 Å². The minimum Gasteiger partial charge on any atom is -0.507 e. The number of aromatic carboxylic acids is 1. The summed E-state index contributed by atoms with van der Waals surface area (Å²) in [6.07, 6.45) is 0. The number of carboxylic acids is 1. The normalized spacial score (nSPS) is 10.7. The number of hydrogen-bond acceptors (Lipinski definition) is 9. The second-order valence-corrected chi connectivity index (χ2v) is 6.16. The zero-order valence-corrected chi connectivity index (χ0v) is 15.6. The lowest BCUT2D eigenvalue weighted by molar-refractivity contribution is 0.0685. The SMILES string of the molecule is CCNC(=O)c1noc(-c2cc(Cl)c(O)cc2O)c1NCc1cc(C(=O)O)no1. The minimum atomic E-state index is -1.25. The third kappa shape index (κ3) is 4.09. The Balaban J connectivity index is 2.00. The molecule has 0 unspecified atom stereocenters. The molecule has 5 N–H and O–H groups in total. The Kier molecular flexibility index (Phi) is 5.59. The highest BCUT2D eigenvalue weighted by Gasteiger charge is 2.26. The van der Waals surface area contributed by atoms with Crippen molar-refractivity contribution < 1.29 is 34.0 Å². The number of nitrogens with one attached hydrogen (secondary N) is 2. The fourth-order valence-electron chi connectivity index (χ4n) is 2.44. The van der Waals surface area contributed by atoms with Crippen molar-refractivity contribution >= 4 is 29.2 Å². The molecule has 0 aliphatic rings. The molecule has 0 spiro atoms. The van der Waals surface area contributed by atoms with Gasteiger partial charge in [0.15, 0.2) is 22.9 Å². The summed E-state index contributed by atoms with van der Waals surface area (Å²) in [4.78, 5) is 23.2. The Labute approximate surface area is 167 Å². The molecule has 2 aromatic heterocycles. The first-order valence-corrected chi connectivity index (χ1v) is 8.62. The smallest absolute Gasteiger partial charge is 0.358 e. The Bertz CT molecular complexity index is 1080. The lowest BCUT2D eigenvalue weighted by Gasteiger charge is -2.08. The van der Waals surface area contributed by atoms with Crippen molar-refractivity contribution in [3.05, 3.63) is 40.4 Å². The lowest BCUT2D eigenvalue weighted by atomic mass is 10.1. The summed E-state index contributed by atoms with van der Waals surface area (Å²) in [5.41, 5.74) is -0.217. The molecule has 3 rings (SSSR count). The summed E-state index contributed by atoms with van der Waals surface area (Å²) >= 11 is 5.91. The van der Waals surface area contributed by atoms with Gasteiger partial charge in [0.2, 0.25) is 0 Å². The first kappa shape index (κ1) is 20.0. The first-order chi connectivity index (χ1) is 13.8. The zero-order chi connectivity index (χ0) is 21.1. The summed E-state index contributed by atoms with van der Waals surface area (Å²) < 4.78 is 10.2. The molecular weight excluding hydrogens is 408 g/mol. The first-order valence-electron chi connectivity index (χ1n) is 8.24. The van der Waals surface area contributed by atoms with Crippen LogP contribution in [0.3, 0.4) is 0 Å². The summed E-state index contributed by atoms with van der Waals surface area (Å²) in [6, 6.07) is 3.48. The Morgan fingerprint density at radius 3 is 2.55 bits per heavy atom. The quantitative estimate of drug-likeness (QED) is 0.380. The third-order valence-corrected chi connectivity index (χ3v) is 4.07. The van der Waals surface area contributed by atoms with Crippen molar-refractivity contribution in [3.8, 4) is 22.8 Å². The number of benzene rings is 1. The second kappa shape index (κ2) is 8.10. The number of rotatable bonds is 7. The molecule has 0 atom stereocenters. The number of hydrogen-bond donors (Lipinski definition) is 5. The molecule has 0 aliphatic heterocycles. The van der Waals surface area contributed by atoms with Gasteiger partial charge in [-0.1, -0.05) is 21.9 Å². The highest BCUT2D eigenvalue weighted by Crippen LogP contribution is 2.41. The number of carbonyl (C=O) groups is 2. The summed E-state index contributed by atoms with van der Waals surface area (Å²) in [7, 11) is 0. The molecule has 0 fully saturated rings. The van der Waals surface area contributed by atoms with Crippen LogP contribution in [0.15, 0.2) is 27.2 Å². The van der Waals surface area contributed by atoms with Gasteiger partial charge in [0.05, 0.1) is 17.1 Å². The van der Waals surface area contributed by atoms with E-state index in [0.717, 1.165) is 6.07 Å². The number of anilines is 1. The number of carboxylic acid groups (broad SMARTS) is 1. The van der Waals surface area contributed by atoms with Crippen molar-refractivity contribution in [2.75, 3.05) is 11.9 Å². The molecule has 152 valence electrons. The van der Waals surface area contributed by atoms with E-state index < -0.39 is 11.9 Å². The molecule has 0 saturated carbocycles. The maximum Gasteiger partial charge on any atom is 0.358 e. The van der Waals surface area contributed by atoms with E-state index in [4.69, 9.17) is 25.8 Å². The number of phenolic OH excluding ortho intramolecular Hbond substituents is 2. The highest BCUT2D eigenvalue weighted by atomic mass is 35.5. The predicted octanol–water partition coefficient (Wildman–Crippen LogP) is 2.45. The van der Waals surface area contributed by atoms with Gasteiger partial charge in [0, 0.05) is 18.7 Å². The third-order valence-electron chi connectivity index (χ3n) is 3.77. The average Bonchev–Trinajstić information content (AvgIpc) is 3.30. The van der Waals surface area contributed by atoms with E-state index in [2.05, 4.69) is 20.9 Å². The molecule has 3 aromatic rings. The van der Waals surface area contributed by atoms with Crippen LogP contribution in [0.4, 0.5) is 5.69 Å². The van der Waals surface area contributed by atoms with Gasteiger partial charge in [-0.25, -0.2) is 4.79 Å². The van der Waals surface area contributed by atoms with Crippen LogP contribution in [0.2, 0.25) is 5.02 Å². The number of carbonyl (C=O) groups excluding carboxylic acids is 1. The maximum absolute atomic E-state index is 12.3. The Morgan fingerprint density at radius 1 is 1.14 bits per heavy atom. The monoisotopic (exact) mass is 422 g/mol. The van der Waals surface area contributed by atoms with E-state index in [9.17, 15) is 19.8 Å². The van der Waals surface area contributed by atoms with Gasteiger partial charge in [-0.3, -0.25) is 4.79 Å². The van der Waals surface area contributed by atoms with Crippen molar-refractivity contribution in [1.29, 1.82) is 0 Å². The molecule has 0 radical (unpaired) electrons. The summed E-state index contributed by atoms with van der Waals surface area (Å²) in [5.74, 6) is -2.35. The largest absolute Gasteiger partial charge is 0.507 e. The Hall–Kier alpha value is -3.73. The fourth-order valence-corrected chi connectivity index (χ4v) is 2.61. The van der Waals surface area contributed by atoms with Crippen LogP contribution in [0, 0.1) is 0 Å². The van der Waals surface area contributed by atoms with Gasteiger partial charge in [-0.2, -0.15) is 0 Å². The van der Waals surface area contributed by atoms with Crippen molar-refractivity contribution in [2.45, 2.75) is 13.5 Å². The molecule has 12 heteroatoms. The fraction of sp³-hybridized carbons (Fsp3) is 0.176. The van der Waals surface area contributed by atoms with Crippen LogP contribution >= 0.6 is 11.6 Å². The van der Waals surface area contributed by atoms with Crippen LogP contribution in [0.5, 0.6) is 11.5 Å². The van der Waals surface area contributed by atoms with Gasteiger partial charge in [-0.15, -0.1) is 0 Å². The van der Waals surface area contributed by atoms with Gasteiger partial charge < -0.3 is 35.0 Å². The molecule has 2 heterocycles. The molecule has 1 amide bonds. The number of amides is 1. The lowest BCUT2D eigenvalue weighted by Crippen LogP contribution is -2.24. The number of halogens is 1. The molecule has 11 nitrogen and oxygen atoms in total. The second-order valence-electron chi connectivity index (χ2n) is 5.75. The molecule has 0 aliphatic carbocycles. The van der Waals surface area contributed by atoms with Crippen LogP contribution in [0.25, 0.3) is 11.3 Å². The van der Waals surface area contributed by atoms with Gasteiger partial charge in [-0.05, 0) is 13.0 Å². The van der Waals surface area contributed by atoms with Gasteiger partial charge >= 0.3 is 5.97 Å².